The predicted octanol–water partition coefficient (Wildman–Crippen LogP) is 3.48. The molecule has 0 saturated heterocycles. The number of hydrogen-bond acceptors (Lipinski definition) is 7. The molecule has 8 nitrogen and oxygen atoms in total. The number of carbonyl (C=O) groups is 1. The van der Waals surface area contributed by atoms with E-state index in [1.54, 1.807) is 24.3 Å². The molecule has 8 heteroatoms. The van der Waals surface area contributed by atoms with Crippen LogP contribution < -0.4 is 33.7 Å². The molecule has 0 unspecified atom stereocenters. The summed E-state index contributed by atoms with van der Waals surface area (Å²) in [5.74, 6) is 2.65. The van der Waals surface area contributed by atoms with Gasteiger partial charge in [0.2, 0.25) is 17.4 Å². The van der Waals surface area contributed by atoms with Gasteiger partial charge in [-0.1, -0.05) is 0 Å². The van der Waals surface area contributed by atoms with Gasteiger partial charge < -0.3 is 33.7 Å². The number of rotatable bonds is 8. The quantitative estimate of drug-likeness (QED) is 0.754. The standard InChI is InChI=1S/C19H23NO7/c1-11(21)20-12-7-14(22-2)19(15(8-12)23-3)27-13-9-16(24-4)18(26-6)17(10-13)25-5/h7-10H,1-6H3,(H,20,21). The van der Waals surface area contributed by atoms with Gasteiger partial charge in [-0.05, 0) is 0 Å². The number of nitrogens with one attached hydrogen (secondary N) is 1. The minimum absolute atomic E-state index is 0.211. The lowest BCUT2D eigenvalue weighted by Gasteiger charge is -2.18. The normalized spacial score (nSPS) is 10.0. The molecule has 0 aliphatic carbocycles. The molecular weight excluding hydrogens is 354 g/mol. The summed E-state index contributed by atoms with van der Waals surface area (Å²) in [5, 5.41) is 2.69. The van der Waals surface area contributed by atoms with Gasteiger partial charge in [-0.25, -0.2) is 0 Å². The fourth-order valence-corrected chi connectivity index (χ4v) is 2.49. The molecule has 0 fully saturated rings. The lowest BCUT2D eigenvalue weighted by molar-refractivity contribution is -0.114. The summed E-state index contributed by atoms with van der Waals surface area (Å²) in [6.45, 7) is 1.42. The second-order valence-corrected chi connectivity index (χ2v) is 5.35. The third kappa shape index (κ3) is 4.46. The molecule has 0 atom stereocenters. The molecule has 0 aromatic heterocycles. The van der Waals surface area contributed by atoms with Crippen LogP contribution in [0.4, 0.5) is 5.69 Å². The maximum absolute atomic E-state index is 11.3. The Kier molecular flexibility index (Phi) is 6.59. The van der Waals surface area contributed by atoms with Crippen molar-refractivity contribution in [2.24, 2.45) is 0 Å². The van der Waals surface area contributed by atoms with Crippen molar-refractivity contribution in [1.82, 2.24) is 0 Å². The number of methoxy groups -OCH3 is 5. The molecule has 27 heavy (non-hydrogen) atoms. The largest absolute Gasteiger partial charge is 0.493 e. The Morgan fingerprint density at radius 1 is 0.704 bits per heavy atom. The molecule has 0 spiro atoms. The summed E-state index contributed by atoms with van der Waals surface area (Å²) in [7, 11) is 7.55. The van der Waals surface area contributed by atoms with Crippen LogP contribution in [0, 0.1) is 0 Å². The van der Waals surface area contributed by atoms with Gasteiger partial charge in [0.05, 0.1) is 35.5 Å². The smallest absolute Gasteiger partial charge is 0.221 e. The van der Waals surface area contributed by atoms with Gasteiger partial charge in [0.15, 0.2) is 23.0 Å². The fourth-order valence-electron chi connectivity index (χ4n) is 2.49. The molecule has 0 aliphatic heterocycles. The van der Waals surface area contributed by atoms with Crippen LogP contribution in [0.25, 0.3) is 0 Å². The summed E-state index contributed by atoms with van der Waals surface area (Å²) in [4.78, 5) is 11.3. The zero-order valence-electron chi connectivity index (χ0n) is 16.2. The van der Waals surface area contributed by atoms with Crippen molar-refractivity contribution in [1.29, 1.82) is 0 Å². The monoisotopic (exact) mass is 377 g/mol. The van der Waals surface area contributed by atoms with E-state index in [1.165, 1.54) is 42.5 Å². The number of amides is 1. The number of ether oxygens (including phenoxy) is 6. The minimum Gasteiger partial charge on any atom is -0.493 e. The third-order valence-electron chi connectivity index (χ3n) is 3.64. The van der Waals surface area contributed by atoms with Crippen LogP contribution in [0.2, 0.25) is 0 Å². The zero-order chi connectivity index (χ0) is 20.0. The van der Waals surface area contributed by atoms with Crippen LogP contribution in [0.5, 0.6) is 40.2 Å². The van der Waals surface area contributed by atoms with E-state index >= 15 is 0 Å². The maximum Gasteiger partial charge on any atom is 0.221 e. The van der Waals surface area contributed by atoms with Crippen molar-refractivity contribution in [3.63, 3.8) is 0 Å². The SMILES string of the molecule is COc1cc(Oc2c(OC)cc(NC(C)=O)cc2OC)cc(OC)c1OC. The van der Waals surface area contributed by atoms with Crippen molar-refractivity contribution >= 4 is 11.6 Å². The first kappa shape index (κ1) is 20.0. The molecular formula is C19H23NO7. The van der Waals surface area contributed by atoms with Gasteiger partial charge in [-0.3, -0.25) is 4.79 Å². The molecule has 1 N–H and O–H groups in total. The van der Waals surface area contributed by atoms with Crippen LogP contribution >= 0.6 is 0 Å². The van der Waals surface area contributed by atoms with Crippen molar-refractivity contribution in [2.75, 3.05) is 40.9 Å². The maximum atomic E-state index is 11.3. The number of anilines is 1. The zero-order valence-corrected chi connectivity index (χ0v) is 16.2. The summed E-state index contributed by atoms with van der Waals surface area (Å²) < 4.78 is 32.8. The van der Waals surface area contributed by atoms with E-state index in [0.29, 0.717) is 45.9 Å². The van der Waals surface area contributed by atoms with Crippen molar-refractivity contribution in [3.8, 4) is 40.2 Å². The molecule has 0 heterocycles. The van der Waals surface area contributed by atoms with E-state index in [0.717, 1.165) is 0 Å². The molecule has 0 aliphatic rings. The Hall–Kier alpha value is -3.29. The van der Waals surface area contributed by atoms with E-state index in [9.17, 15) is 4.79 Å². The Bertz CT molecular complexity index is 770. The first-order valence-corrected chi connectivity index (χ1v) is 7.98. The summed E-state index contributed by atoms with van der Waals surface area (Å²) >= 11 is 0. The molecule has 2 aromatic carbocycles. The van der Waals surface area contributed by atoms with Gasteiger partial charge in [-0.2, -0.15) is 0 Å². The summed E-state index contributed by atoms with van der Waals surface area (Å²) in [6, 6.07) is 6.58. The second kappa shape index (κ2) is 8.88. The highest BCUT2D eigenvalue weighted by Gasteiger charge is 2.19. The summed E-state index contributed by atoms with van der Waals surface area (Å²) in [6.07, 6.45) is 0. The number of benzene rings is 2. The summed E-state index contributed by atoms with van der Waals surface area (Å²) in [5.41, 5.74) is 0.522. The topological polar surface area (TPSA) is 84.5 Å². The van der Waals surface area contributed by atoms with Gasteiger partial charge in [0.1, 0.15) is 5.75 Å². The van der Waals surface area contributed by atoms with Crippen LogP contribution in [-0.4, -0.2) is 41.5 Å². The lowest BCUT2D eigenvalue weighted by atomic mass is 10.2. The van der Waals surface area contributed by atoms with Crippen LogP contribution in [-0.2, 0) is 4.79 Å². The predicted molar refractivity (Wildman–Crippen MR) is 100 cm³/mol. The minimum atomic E-state index is -0.211. The van der Waals surface area contributed by atoms with E-state index in [-0.39, 0.29) is 5.91 Å². The Balaban J connectivity index is 2.51. The first-order chi connectivity index (χ1) is 13.0. The highest BCUT2D eigenvalue weighted by atomic mass is 16.5. The Morgan fingerprint density at radius 3 is 1.52 bits per heavy atom. The van der Waals surface area contributed by atoms with Crippen LogP contribution in [0.15, 0.2) is 24.3 Å². The lowest BCUT2D eigenvalue weighted by Crippen LogP contribution is -2.06. The highest BCUT2D eigenvalue weighted by Crippen LogP contribution is 2.46. The average molecular weight is 377 g/mol. The van der Waals surface area contributed by atoms with E-state index in [1.807, 2.05) is 0 Å². The van der Waals surface area contributed by atoms with Crippen molar-refractivity contribution < 1.29 is 33.2 Å². The molecule has 0 saturated carbocycles. The van der Waals surface area contributed by atoms with E-state index in [4.69, 9.17) is 28.4 Å². The molecule has 0 radical (unpaired) electrons. The van der Waals surface area contributed by atoms with Gasteiger partial charge >= 0.3 is 0 Å². The van der Waals surface area contributed by atoms with E-state index < -0.39 is 0 Å². The van der Waals surface area contributed by atoms with Crippen molar-refractivity contribution in [3.05, 3.63) is 24.3 Å². The molecule has 2 rings (SSSR count). The van der Waals surface area contributed by atoms with E-state index in [2.05, 4.69) is 5.32 Å². The first-order valence-electron chi connectivity index (χ1n) is 7.98. The Labute approximate surface area is 157 Å². The molecule has 2 aromatic rings. The third-order valence-corrected chi connectivity index (χ3v) is 3.64. The molecule has 1 amide bonds. The highest BCUT2D eigenvalue weighted by molar-refractivity contribution is 5.89. The molecule has 0 bridgehead atoms. The van der Waals surface area contributed by atoms with Crippen molar-refractivity contribution in [2.45, 2.75) is 6.92 Å². The fraction of sp³-hybridized carbons (Fsp3) is 0.316. The second-order valence-electron chi connectivity index (χ2n) is 5.35. The van der Waals surface area contributed by atoms with Gasteiger partial charge in [0.25, 0.3) is 0 Å². The number of hydrogen-bond donors (Lipinski definition) is 1. The average Bonchev–Trinajstić information content (AvgIpc) is 2.67. The number of carbonyl (C=O) groups excluding carboxylic acids is 1. The van der Waals surface area contributed by atoms with Gasteiger partial charge in [0, 0.05) is 36.9 Å². The van der Waals surface area contributed by atoms with Gasteiger partial charge in [-0.15, -0.1) is 0 Å². The Morgan fingerprint density at radius 2 is 1.15 bits per heavy atom. The van der Waals surface area contributed by atoms with Crippen LogP contribution in [0.1, 0.15) is 6.92 Å². The molecule has 146 valence electrons. The van der Waals surface area contributed by atoms with Crippen LogP contribution in [0.3, 0.4) is 0 Å².